The third-order valence-electron chi connectivity index (χ3n) is 0.811. The maximum absolute atomic E-state index is 10.4. The molecule has 0 aliphatic carbocycles. The smallest absolute Gasteiger partial charge is 0.315 e. The van der Waals surface area contributed by atoms with Gasteiger partial charge in [0, 0.05) is 7.05 Å². The molecule has 0 aromatic heterocycles. The molecule has 4 nitrogen and oxygen atoms in total. The molecule has 11 heavy (non-hydrogen) atoms. The first-order valence-corrected chi connectivity index (χ1v) is 2.48. The largest absolute Gasteiger partial charge is 0.469 e. The molecule has 0 heterocycles. The first-order valence-electron chi connectivity index (χ1n) is 2.48. The summed E-state index contributed by atoms with van der Waals surface area (Å²) < 4.78 is 4.22. The minimum Gasteiger partial charge on any atom is -0.469 e. The van der Waals surface area contributed by atoms with Gasteiger partial charge in [-0.05, 0) is 0 Å². The Morgan fingerprint density at radius 3 is 2.09 bits per heavy atom. The van der Waals surface area contributed by atoms with Crippen LogP contribution in [0.5, 0.6) is 0 Å². The minimum atomic E-state index is -0.519. The summed E-state index contributed by atoms with van der Waals surface area (Å²) in [4.78, 5) is 20.7. The molecule has 4 heteroatoms. The van der Waals surface area contributed by atoms with Crippen molar-refractivity contribution in [3.63, 3.8) is 0 Å². The molecule has 0 atom stereocenters. The lowest BCUT2D eigenvalue weighted by molar-refractivity contribution is -0.143. The number of carbonyl (C=O) groups is 2. The summed E-state index contributed by atoms with van der Waals surface area (Å²) in [6.07, 6.45) is -0.201. The van der Waals surface area contributed by atoms with Crippen LogP contribution in [0.15, 0.2) is 0 Å². The van der Waals surface area contributed by atoms with Crippen molar-refractivity contribution >= 4 is 11.9 Å². The predicted octanol–water partition coefficient (Wildman–Crippen LogP) is 0.568. The number of carbonyl (C=O) groups excluding carboxylic acids is 2. The van der Waals surface area contributed by atoms with E-state index >= 15 is 0 Å². The van der Waals surface area contributed by atoms with E-state index in [1.807, 2.05) is 0 Å². The zero-order chi connectivity index (χ0) is 7.28. The molecule has 0 saturated carbocycles. The number of hydrogen-bond donors (Lipinski definition) is 1. The third-order valence-corrected chi connectivity index (χ3v) is 0.811. The van der Waals surface area contributed by atoms with E-state index in [4.69, 9.17) is 0 Å². The highest BCUT2D eigenvalue weighted by molar-refractivity contribution is 5.93. The van der Waals surface area contributed by atoms with Crippen molar-refractivity contribution in [1.82, 2.24) is 5.32 Å². The van der Waals surface area contributed by atoms with Crippen LogP contribution in [0.1, 0.15) is 21.3 Å². The van der Waals surface area contributed by atoms with Crippen molar-refractivity contribution in [1.29, 1.82) is 0 Å². The number of methoxy groups -OCH3 is 1. The Hall–Kier alpha value is -1.06. The van der Waals surface area contributed by atoms with E-state index in [0.29, 0.717) is 0 Å². The van der Waals surface area contributed by atoms with E-state index in [-0.39, 0.29) is 27.2 Å². The van der Waals surface area contributed by atoms with Gasteiger partial charge in [-0.2, -0.15) is 0 Å². The predicted molar refractivity (Wildman–Crippen MR) is 44.2 cm³/mol. The molecule has 0 aromatic rings. The van der Waals surface area contributed by atoms with E-state index in [9.17, 15) is 9.59 Å². The lowest BCUT2D eigenvalue weighted by atomic mass is 10.4. The van der Waals surface area contributed by atoms with Crippen molar-refractivity contribution in [3.8, 4) is 0 Å². The molecule has 1 amide bonds. The second kappa shape index (κ2) is 8.94. The van der Waals surface area contributed by atoms with Gasteiger partial charge < -0.3 is 10.1 Å². The van der Waals surface area contributed by atoms with E-state index < -0.39 is 5.97 Å². The van der Waals surface area contributed by atoms with Gasteiger partial charge in [-0.15, -0.1) is 0 Å². The summed E-state index contributed by atoms with van der Waals surface area (Å²) in [5.74, 6) is -0.851. The highest BCUT2D eigenvalue weighted by Crippen LogP contribution is 1.81. The van der Waals surface area contributed by atoms with Gasteiger partial charge in [-0.25, -0.2) is 0 Å². The Morgan fingerprint density at radius 1 is 1.36 bits per heavy atom. The molecule has 0 aromatic carbocycles. The van der Waals surface area contributed by atoms with Crippen LogP contribution >= 0.6 is 0 Å². The van der Waals surface area contributed by atoms with E-state index in [1.54, 1.807) is 0 Å². The number of esters is 1. The average molecular weight is 163 g/mol. The van der Waals surface area contributed by atoms with Gasteiger partial charge in [0.15, 0.2) is 0 Å². The zero-order valence-electron chi connectivity index (χ0n) is 5.43. The van der Waals surface area contributed by atoms with Crippen LogP contribution in [0.25, 0.3) is 0 Å². The number of hydrogen-bond acceptors (Lipinski definition) is 3. The molecule has 0 fully saturated rings. The molecule has 0 radical (unpaired) electrons. The van der Waals surface area contributed by atoms with Crippen LogP contribution in [0, 0.1) is 0 Å². The Morgan fingerprint density at radius 2 is 1.82 bits per heavy atom. The normalized spacial score (nSPS) is 6.73. The molecule has 0 unspecified atom stereocenters. The van der Waals surface area contributed by atoms with Crippen LogP contribution in [0.3, 0.4) is 0 Å². The summed E-state index contributed by atoms with van der Waals surface area (Å²) in [6, 6.07) is 0. The third kappa shape index (κ3) is 8.94. The van der Waals surface area contributed by atoms with Gasteiger partial charge in [0.25, 0.3) is 0 Å². The van der Waals surface area contributed by atoms with Crippen LogP contribution < -0.4 is 5.32 Å². The van der Waals surface area contributed by atoms with Gasteiger partial charge >= 0.3 is 5.97 Å². The zero-order valence-corrected chi connectivity index (χ0v) is 5.43. The summed E-state index contributed by atoms with van der Waals surface area (Å²) in [5, 5.41) is 2.29. The lowest BCUT2D eigenvalue weighted by Crippen LogP contribution is -2.21. The Kier molecular flexibility index (Phi) is 13.4. The molecule has 0 bridgehead atoms. The topological polar surface area (TPSA) is 55.4 Å². The van der Waals surface area contributed by atoms with Crippen LogP contribution in [-0.4, -0.2) is 26.0 Å². The van der Waals surface area contributed by atoms with Crippen LogP contribution in [0.2, 0.25) is 0 Å². The van der Waals surface area contributed by atoms with E-state index in [1.165, 1.54) is 14.2 Å². The highest BCUT2D eigenvalue weighted by Gasteiger charge is 2.05. The number of ether oxygens (including phenoxy) is 1. The molecule has 0 rings (SSSR count). The first kappa shape index (κ1) is 16.5. The molecule has 0 saturated heterocycles. The van der Waals surface area contributed by atoms with E-state index in [2.05, 4.69) is 10.1 Å². The van der Waals surface area contributed by atoms with Gasteiger partial charge in [-0.1, -0.05) is 14.9 Å². The fourth-order valence-corrected chi connectivity index (χ4v) is 0.292. The maximum atomic E-state index is 10.4. The molecule has 68 valence electrons. The van der Waals surface area contributed by atoms with Gasteiger partial charge in [-0.3, -0.25) is 9.59 Å². The second-order valence-electron chi connectivity index (χ2n) is 1.43. The highest BCUT2D eigenvalue weighted by atomic mass is 16.5. The van der Waals surface area contributed by atoms with Gasteiger partial charge in [0.1, 0.15) is 6.42 Å². The average Bonchev–Trinajstić information content (AvgIpc) is 1.87. The Labute approximate surface area is 67.9 Å². The summed E-state index contributed by atoms with van der Waals surface area (Å²) in [7, 11) is 2.70. The van der Waals surface area contributed by atoms with Gasteiger partial charge in [0.2, 0.25) is 5.91 Å². The minimum absolute atomic E-state index is 0. The molecular weight excluding hydrogens is 146 g/mol. The quantitative estimate of drug-likeness (QED) is 0.478. The number of rotatable bonds is 2. The summed E-state index contributed by atoms with van der Waals surface area (Å²) in [5.41, 5.74) is 0. The summed E-state index contributed by atoms with van der Waals surface area (Å²) in [6.45, 7) is 0. The molecule has 0 aliphatic rings. The fourth-order valence-electron chi connectivity index (χ4n) is 0.292. The molecule has 1 N–H and O–H groups in total. The van der Waals surface area contributed by atoms with Gasteiger partial charge in [0.05, 0.1) is 7.11 Å². The van der Waals surface area contributed by atoms with Crippen molar-refractivity contribution in [2.24, 2.45) is 0 Å². The Balaban J connectivity index is -0.000000320. The van der Waals surface area contributed by atoms with Crippen LogP contribution in [-0.2, 0) is 14.3 Å². The molecular formula is C7H17NO3. The second-order valence-corrected chi connectivity index (χ2v) is 1.43. The SMILES string of the molecule is C.C.CNC(=O)CC(=O)OC. The Bertz CT molecular complexity index is 109. The maximum Gasteiger partial charge on any atom is 0.315 e. The van der Waals surface area contributed by atoms with Crippen LogP contribution in [0.4, 0.5) is 0 Å². The number of nitrogens with one attached hydrogen (secondary N) is 1. The molecule has 0 spiro atoms. The first-order chi connectivity index (χ1) is 4.20. The standard InChI is InChI=1S/C5H9NO3.2CH4/c1-6-4(7)3-5(8)9-2;;/h3H2,1-2H3,(H,6,7);2*1H4. The van der Waals surface area contributed by atoms with E-state index in [0.717, 1.165) is 0 Å². The fraction of sp³-hybridized carbons (Fsp3) is 0.714. The van der Waals surface area contributed by atoms with Crippen molar-refractivity contribution < 1.29 is 14.3 Å². The van der Waals surface area contributed by atoms with Crippen molar-refractivity contribution in [2.75, 3.05) is 14.2 Å². The number of amides is 1. The van der Waals surface area contributed by atoms with Crippen molar-refractivity contribution in [3.05, 3.63) is 0 Å². The molecule has 0 aliphatic heterocycles. The monoisotopic (exact) mass is 163 g/mol. The summed E-state index contributed by atoms with van der Waals surface area (Å²) >= 11 is 0. The lowest BCUT2D eigenvalue weighted by Gasteiger charge is -1.95. The van der Waals surface area contributed by atoms with Crippen molar-refractivity contribution in [2.45, 2.75) is 21.3 Å².